The van der Waals surface area contributed by atoms with Gasteiger partial charge >= 0.3 is 5.97 Å². The molecule has 0 spiro atoms. The Morgan fingerprint density at radius 2 is 2.03 bits per heavy atom. The average Bonchev–Trinajstić information content (AvgIpc) is 3.12. The van der Waals surface area contributed by atoms with E-state index in [2.05, 4.69) is 5.32 Å². The first kappa shape index (κ1) is 20.4. The summed E-state index contributed by atoms with van der Waals surface area (Å²) in [6, 6.07) is 7.46. The predicted octanol–water partition coefficient (Wildman–Crippen LogP) is 4.89. The van der Waals surface area contributed by atoms with Crippen molar-refractivity contribution >= 4 is 34.8 Å². The third-order valence-electron chi connectivity index (χ3n) is 6.45. The van der Waals surface area contributed by atoms with E-state index < -0.39 is 11.4 Å². The Morgan fingerprint density at radius 1 is 1.24 bits per heavy atom. The number of carboxylic acid groups (broad SMARTS) is 1. The number of benzene rings is 1. The fourth-order valence-electron chi connectivity index (χ4n) is 4.80. The highest BCUT2D eigenvalue weighted by Crippen LogP contribution is 2.50. The molecule has 2 fully saturated rings. The molecule has 1 aliphatic carbocycles. The number of nitrogens with zero attached hydrogens (tertiary/aromatic N) is 1. The fraction of sp³-hybridized carbons (Fsp3) is 0.500. The lowest BCUT2D eigenvalue weighted by molar-refractivity contribution is -0.145. The number of hydrogen-bond acceptors (Lipinski definition) is 4. The fourth-order valence-corrected chi connectivity index (χ4v) is 6.11. The molecule has 0 unspecified atom stereocenters. The Balaban J connectivity index is 1.83. The number of nitrogens with one attached hydrogen (secondary N) is 1. The van der Waals surface area contributed by atoms with E-state index in [-0.39, 0.29) is 18.2 Å². The molecule has 1 saturated carbocycles. The molecule has 0 radical (unpaired) electrons. The summed E-state index contributed by atoms with van der Waals surface area (Å²) in [6.45, 7) is 0.584. The van der Waals surface area contributed by atoms with Crippen molar-refractivity contribution in [3.8, 4) is 11.3 Å². The molecule has 1 aliphatic heterocycles. The van der Waals surface area contributed by atoms with E-state index in [4.69, 9.17) is 16.6 Å². The van der Waals surface area contributed by atoms with Gasteiger partial charge in [0.1, 0.15) is 10.4 Å². The molecule has 1 saturated heterocycles. The molecular formula is C22H25ClN2O3S. The molecule has 2 aliphatic rings. The summed E-state index contributed by atoms with van der Waals surface area (Å²) in [4.78, 5) is 30.2. The number of rotatable bonds is 5. The number of carboxylic acids is 1. The van der Waals surface area contributed by atoms with Crippen LogP contribution in [0.1, 0.15) is 50.0 Å². The number of aliphatic carboxylic acids is 1. The molecule has 2 aromatic rings. The Morgan fingerprint density at radius 3 is 2.72 bits per heavy atom. The summed E-state index contributed by atoms with van der Waals surface area (Å²) >= 11 is 7.73. The maximum atomic E-state index is 13.5. The maximum Gasteiger partial charge on any atom is 0.304 e. The number of carbonyl (C=O) groups excluding carboxylic acids is 1. The van der Waals surface area contributed by atoms with Gasteiger partial charge in [-0.1, -0.05) is 55.5 Å². The first-order valence-corrected chi connectivity index (χ1v) is 11.5. The zero-order valence-corrected chi connectivity index (χ0v) is 17.8. The van der Waals surface area contributed by atoms with Gasteiger partial charge in [0.15, 0.2) is 0 Å². The smallest absolute Gasteiger partial charge is 0.304 e. The van der Waals surface area contributed by atoms with E-state index in [0.29, 0.717) is 28.2 Å². The second-order valence-corrected chi connectivity index (χ2v) is 9.37. The molecule has 1 aromatic carbocycles. The Kier molecular flexibility index (Phi) is 5.93. The van der Waals surface area contributed by atoms with Crippen molar-refractivity contribution in [3.63, 3.8) is 0 Å². The average molecular weight is 433 g/mol. The van der Waals surface area contributed by atoms with Gasteiger partial charge in [-0.3, -0.25) is 9.59 Å². The van der Waals surface area contributed by atoms with Crippen LogP contribution in [0.3, 0.4) is 0 Å². The molecule has 2 atom stereocenters. The lowest BCUT2D eigenvalue weighted by atomic mass is 9.59. The number of halogens is 1. The molecule has 1 aromatic heterocycles. The van der Waals surface area contributed by atoms with Crippen LogP contribution in [0.15, 0.2) is 29.6 Å². The van der Waals surface area contributed by atoms with Crippen molar-refractivity contribution in [2.24, 2.45) is 11.8 Å². The number of aromatic nitrogens is 1. The Labute approximate surface area is 179 Å². The van der Waals surface area contributed by atoms with Gasteiger partial charge < -0.3 is 10.4 Å². The number of hydrogen-bond donors (Lipinski definition) is 2. The SMILES string of the molecule is O=C(O)C[C@@]1(c2nc(-c3ccccc3Cl)cs2)C(=O)NCCCC[C@@H]1C1CCC1. The Bertz CT molecular complexity index is 911. The molecule has 154 valence electrons. The van der Waals surface area contributed by atoms with Crippen LogP contribution in [0.5, 0.6) is 0 Å². The number of amides is 1. The second kappa shape index (κ2) is 8.44. The van der Waals surface area contributed by atoms with Gasteiger partial charge in [0.25, 0.3) is 0 Å². The lowest BCUT2D eigenvalue weighted by Gasteiger charge is -2.45. The van der Waals surface area contributed by atoms with Crippen molar-refractivity contribution < 1.29 is 14.7 Å². The standard InChI is InChI=1S/C22H25ClN2O3S/c23-17-10-2-1-8-15(17)18-13-29-21(25-18)22(12-19(26)27)16(14-6-5-7-14)9-3-4-11-24-20(22)28/h1-2,8,10,13-14,16H,3-7,9,11-12H2,(H,24,28)(H,26,27)/t16-,22+/m1/s1. The molecular weight excluding hydrogens is 408 g/mol. The minimum atomic E-state index is -1.12. The van der Waals surface area contributed by atoms with Gasteiger partial charge in [-0.25, -0.2) is 4.98 Å². The summed E-state index contributed by atoms with van der Waals surface area (Å²) in [5, 5.41) is 15.9. The third kappa shape index (κ3) is 3.80. The minimum absolute atomic E-state index is 0.00195. The monoisotopic (exact) mass is 432 g/mol. The van der Waals surface area contributed by atoms with Crippen LogP contribution >= 0.6 is 22.9 Å². The highest BCUT2D eigenvalue weighted by molar-refractivity contribution is 7.10. The summed E-state index contributed by atoms with van der Waals surface area (Å²) in [5.74, 6) is -0.764. The normalized spacial score (nSPS) is 25.6. The van der Waals surface area contributed by atoms with Gasteiger partial charge in [-0.2, -0.15) is 0 Å². The van der Waals surface area contributed by atoms with Crippen LogP contribution in [-0.2, 0) is 15.0 Å². The van der Waals surface area contributed by atoms with Crippen LogP contribution in [-0.4, -0.2) is 28.5 Å². The van der Waals surface area contributed by atoms with Gasteiger partial charge in [0, 0.05) is 22.5 Å². The minimum Gasteiger partial charge on any atom is -0.481 e. The van der Waals surface area contributed by atoms with Crippen LogP contribution in [0.2, 0.25) is 5.02 Å². The largest absolute Gasteiger partial charge is 0.481 e. The highest BCUT2D eigenvalue weighted by Gasteiger charge is 2.54. The van der Waals surface area contributed by atoms with Crippen molar-refractivity contribution in [2.75, 3.05) is 6.54 Å². The van der Waals surface area contributed by atoms with Crippen LogP contribution in [0.4, 0.5) is 0 Å². The quantitative estimate of drug-likeness (QED) is 0.704. The van der Waals surface area contributed by atoms with Crippen LogP contribution < -0.4 is 5.32 Å². The second-order valence-electron chi connectivity index (χ2n) is 8.11. The van der Waals surface area contributed by atoms with Gasteiger partial charge in [-0.05, 0) is 30.7 Å². The summed E-state index contributed by atoms with van der Waals surface area (Å²) in [6.07, 6.45) is 5.83. The van der Waals surface area contributed by atoms with Gasteiger partial charge in [-0.15, -0.1) is 11.3 Å². The third-order valence-corrected chi connectivity index (χ3v) is 7.80. The van der Waals surface area contributed by atoms with E-state index in [1.807, 2.05) is 29.6 Å². The van der Waals surface area contributed by atoms with Crippen molar-refractivity contribution in [1.82, 2.24) is 10.3 Å². The summed E-state index contributed by atoms with van der Waals surface area (Å²) < 4.78 is 0. The van der Waals surface area contributed by atoms with Crippen molar-refractivity contribution in [2.45, 2.75) is 50.4 Å². The predicted molar refractivity (Wildman–Crippen MR) is 114 cm³/mol. The zero-order chi connectivity index (χ0) is 20.4. The van der Waals surface area contributed by atoms with Crippen molar-refractivity contribution in [3.05, 3.63) is 39.7 Å². The molecule has 4 rings (SSSR count). The Hall–Kier alpha value is -1.92. The number of thiazole rings is 1. The molecule has 7 heteroatoms. The molecule has 0 bridgehead atoms. The van der Waals surface area contributed by atoms with Gasteiger partial charge in [0.05, 0.1) is 12.1 Å². The first-order chi connectivity index (χ1) is 14.0. The van der Waals surface area contributed by atoms with Crippen LogP contribution in [0.25, 0.3) is 11.3 Å². The van der Waals surface area contributed by atoms with E-state index in [9.17, 15) is 14.7 Å². The molecule has 2 N–H and O–H groups in total. The molecule has 29 heavy (non-hydrogen) atoms. The lowest BCUT2D eigenvalue weighted by Crippen LogP contribution is -2.54. The highest BCUT2D eigenvalue weighted by atomic mass is 35.5. The van der Waals surface area contributed by atoms with E-state index in [0.717, 1.165) is 44.1 Å². The topological polar surface area (TPSA) is 79.3 Å². The first-order valence-electron chi connectivity index (χ1n) is 10.2. The molecule has 5 nitrogen and oxygen atoms in total. The zero-order valence-electron chi connectivity index (χ0n) is 16.2. The van der Waals surface area contributed by atoms with E-state index in [1.165, 1.54) is 11.3 Å². The summed E-state index contributed by atoms with van der Waals surface area (Å²) in [5.41, 5.74) is 0.373. The summed E-state index contributed by atoms with van der Waals surface area (Å²) in [7, 11) is 0. The van der Waals surface area contributed by atoms with Crippen molar-refractivity contribution in [1.29, 1.82) is 0 Å². The van der Waals surface area contributed by atoms with E-state index in [1.54, 1.807) is 0 Å². The number of carbonyl (C=O) groups is 2. The van der Waals surface area contributed by atoms with Gasteiger partial charge in [0.2, 0.25) is 5.91 Å². The molecule has 2 heterocycles. The maximum absolute atomic E-state index is 13.5. The molecule has 1 amide bonds. The van der Waals surface area contributed by atoms with E-state index >= 15 is 0 Å². The van der Waals surface area contributed by atoms with Crippen LogP contribution in [0, 0.1) is 11.8 Å².